The van der Waals surface area contributed by atoms with E-state index < -0.39 is 0 Å². The molecule has 0 saturated carbocycles. The van der Waals surface area contributed by atoms with Gasteiger partial charge in [-0.1, -0.05) is 0 Å². The highest BCUT2D eigenvalue weighted by molar-refractivity contribution is 7.98. The van der Waals surface area contributed by atoms with Gasteiger partial charge in [-0.2, -0.15) is 0 Å². The summed E-state index contributed by atoms with van der Waals surface area (Å²) in [5, 5.41) is 0. The number of nitrogens with two attached hydrogens (primary N) is 1. The number of hydrogen-bond acceptors (Lipinski definition) is 3. The molecule has 1 rings (SSSR count). The molecule has 0 amide bonds. The number of hydrogen-bond donors (Lipinski definition) is 1. The molecule has 0 unspecified atom stereocenters. The first kappa shape index (κ1) is 9.26. The van der Waals surface area contributed by atoms with E-state index in [1.807, 2.05) is 19.2 Å². The molecule has 0 aliphatic rings. The Morgan fingerprint density at radius 1 is 1.42 bits per heavy atom. The summed E-state index contributed by atoms with van der Waals surface area (Å²) in [6.07, 6.45) is 2.03. The van der Waals surface area contributed by atoms with E-state index in [0.29, 0.717) is 0 Å². The average molecular weight is 183 g/mol. The van der Waals surface area contributed by atoms with E-state index in [4.69, 9.17) is 10.5 Å². The molecule has 2 N–H and O–H groups in total. The molecule has 0 heterocycles. The van der Waals surface area contributed by atoms with Crippen molar-refractivity contribution in [2.45, 2.75) is 11.8 Å². The number of nitrogen functional groups attached to an aromatic ring is 1. The van der Waals surface area contributed by atoms with Crippen LogP contribution in [0.3, 0.4) is 0 Å². The van der Waals surface area contributed by atoms with Crippen LogP contribution in [-0.2, 0) is 0 Å². The van der Waals surface area contributed by atoms with Crippen LogP contribution in [0.4, 0.5) is 5.69 Å². The number of methoxy groups -OCH3 is 1. The van der Waals surface area contributed by atoms with Crippen molar-refractivity contribution in [3.63, 3.8) is 0 Å². The van der Waals surface area contributed by atoms with E-state index in [0.717, 1.165) is 17.0 Å². The summed E-state index contributed by atoms with van der Waals surface area (Å²) in [4.78, 5) is 1.18. The highest BCUT2D eigenvalue weighted by Crippen LogP contribution is 2.30. The first-order valence-electron chi connectivity index (χ1n) is 3.67. The molecule has 0 bridgehead atoms. The molecule has 0 aliphatic carbocycles. The maximum absolute atomic E-state index is 5.78. The molecule has 0 radical (unpaired) electrons. The molecule has 0 atom stereocenters. The lowest BCUT2D eigenvalue weighted by atomic mass is 10.2. The summed E-state index contributed by atoms with van der Waals surface area (Å²) in [5.41, 5.74) is 7.58. The summed E-state index contributed by atoms with van der Waals surface area (Å²) in [7, 11) is 1.63. The summed E-state index contributed by atoms with van der Waals surface area (Å²) in [6.45, 7) is 1.98. The largest absolute Gasteiger partial charge is 0.495 e. The molecule has 0 aromatic heterocycles. The Labute approximate surface area is 77.1 Å². The summed E-state index contributed by atoms with van der Waals surface area (Å²) in [6, 6.07) is 4.01. The van der Waals surface area contributed by atoms with Crippen LogP contribution in [0.2, 0.25) is 0 Å². The standard InChI is InChI=1S/C9H13NOS/c1-6-4-7(12-3)5-8(11-2)9(6)10/h4-5H,10H2,1-3H3. The summed E-state index contributed by atoms with van der Waals surface area (Å²) < 4.78 is 5.13. The van der Waals surface area contributed by atoms with Crippen LogP contribution in [0.15, 0.2) is 17.0 Å². The normalized spacial score (nSPS) is 9.92. The van der Waals surface area contributed by atoms with Crippen molar-refractivity contribution in [1.29, 1.82) is 0 Å². The first-order valence-corrected chi connectivity index (χ1v) is 4.89. The highest BCUT2D eigenvalue weighted by atomic mass is 32.2. The van der Waals surface area contributed by atoms with Crippen LogP contribution in [0.5, 0.6) is 5.75 Å². The van der Waals surface area contributed by atoms with Crippen LogP contribution in [-0.4, -0.2) is 13.4 Å². The van der Waals surface area contributed by atoms with Gasteiger partial charge in [-0.25, -0.2) is 0 Å². The lowest BCUT2D eigenvalue weighted by Crippen LogP contribution is -1.95. The predicted octanol–water partition coefficient (Wildman–Crippen LogP) is 2.31. The van der Waals surface area contributed by atoms with Crippen LogP contribution in [0, 0.1) is 6.92 Å². The molecule has 0 spiro atoms. The fraction of sp³-hybridized carbons (Fsp3) is 0.333. The Hall–Kier alpha value is -0.830. The van der Waals surface area contributed by atoms with Gasteiger partial charge in [0.1, 0.15) is 5.75 Å². The third kappa shape index (κ3) is 1.67. The molecule has 2 nitrogen and oxygen atoms in total. The number of ether oxygens (including phenoxy) is 1. The molecule has 0 aliphatic heterocycles. The Bertz CT molecular complexity index is 286. The van der Waals surface area contributed by atoms with Gasteiger partial charge in [-0.3, -0.25) is 0 Å². The van der Waals surface area contributed by atoms with Crippen molar-refractivity contribution >= 4 is 17.4 Å². The van der Waals surface area contributed by atoms with Gasteiger partial charge in [0.25, 0.3) is 0 Å². The van der Waals surface area contributed by atoms with Crippen molar-refractivity contribution in [1.82, 2.24) is 0 Å². The van der Waals surface area contributed by atoms with Gasteiger partial charge >= 0.3 is 0 Å². The van der Waals surface area contributed by atoms with E-state index in [2.05, 4.69) is 6.07 Å². The van der Waals surface area contributed by atoms with Gasteiger partial charge in [0.05, 0.1) is 12.8 Å². The second kappa shape index (κ2) is 3.72. The van der Waals surface area contributed by atoms with Crippen molar-refractivity contribution in [3.8, 4) is 5.75 Å². The van der Waals surface area contributed by atoms with E-state index in [1.54, 1.807) is 18.9 Å². The topological polar surface area (TPSA) is 35.2 Å². The molecule has 0 saturated heterocycles. The SMILES string of the molecule is COc1cc(SC)cc(C)c1N. The highest BCUT2D eigenvalue weighted by Gasteiger charge is 2.03. The summed E-state index contributed by atoms with van der Waals surface area (Å²) >= 11 is 1.69. The third-order valence-electron chi connectivity index (χ3n) is 1.78. The fourth-order valence-electron chi connectivity index (χ4n) is 1.02. The first-order chi connectivity index (χ1) is 5.69. The lowest BCUT2D eigenvalue weighted by molar-refractivity contribution is 0.415. The quantitative estimate of drug-likeness (QED) is 0.564. The van der Waals surface area contributed by atoms with Crippen molar-refractivity contribution in [2.24, 2.45) is 0 Å². The fourth-order valence-corrected chi connectivity index (χ4v) is 1.54. The molecule has 12 heavy (non-hydrogen) atoms. The minimum atomic E-state index is 0.732. The maximum atomic E-state index is 5.78. The molecule has 1 aromatic carbocycles. The zero-order valence-electron chi connectivity index (χ0n) is 7.55. The molecule has 66 valence electrons. The van der Waals surface area contributed by atoms with Crippen LogP contribution in [0.1, 0.15) is 5.56 Å². The summed E-state index contributed by atoms with van der Waals surface area (Å²) in [5.74, 6) is 0.763. The van der Waals surface area contributed by atoms with Crippen molar-refractivity contribution in [3.05, 3.63) is 17.7 Å². The monoisotopic (exact) mass is 183 g/mol. The Balaban J connectivity index is 3.19. The van der Waals surface area contributed by atoms with Gasteiger partial charge in [0.2, 0.25) is 0 Å². The Kier molecular flexibility index (Phi) is 2.87. The van der Waals surface area contributed by atoms with E-state index in [9.17, 15) is 0 Å². The van der Waals surface area contributed by atoms with Gasteiger partial charge < -0.3 is 10.5 Å². The maximum Gasteiger partial charge on any atom is 0.143 e. The second-order valence-electron chi connectivity index (χ2n) is 2.56. The van der Waals surface area contributed by atoms with Crippen LogP contribution in [0.25, 0.3) is 0 Å². The van der Waals surface area contributed by atoms with Gasteiger partial charge in [-0.05, 0) is 30.9 Å². The molecule has 3 heteroatoms. The number of aryl methyl sites for hydroxylation is 1. The zero-order chi connectivity index (χ0) is 9.14. The number of thioether (sulfide) groups is 1. The Morgan fingerprint density at radius 3 is 2.58 bits per heavy atom. The number of anilines is 1. The minimum absolute atomic E-state index is 0.732. The molecule has 0 fully saturated rings. The van der Waals surface area contributed by atoms with Crippen LogP contribution >= 0.6 is 11.8 Å². The molecular weight excluding hydrogens is 170 g/mol. The predicted molar refractivity (Wildman–Crippen MR) is 53.9 cm³/mol. The van der Waals surface area contributed by atoms with Crippen molar-refractivity contribution in [2.75, 3.05) is 19.1 Å². The molecular formula is C9H13NOS. The Morgan fingerprint density at radius 2 is 2.08 bits per heavy atom. The average Bonchev–Trinajstić information content (AvgIpc) is 2.09. The smallest absolute Gasteiger partial charge is 0.143 e. The van der Waals surface area contributed by atoms with Crippen molar-refractivity contribution < 1.29 is 4.74 Å². The van der Waals surface area contributed by atoms with E-state index in [-0.39, 0.29) is 0 Å². The molecule has 1 aromatic rings. The van der Waals surface area contributed by atoms with Gasteiger partial charge in [-0.15, -0.1) is 11.8 Å². The zero-order valence-corrected chi connectivity index (χ0v) is 8.37. The second-order valence-corrected chi connectivity index (χ2v) is 3.44. The van der Waals surface area contributed by atoms with E-state index >= 15 is 0 Å². The van der Waals surface area contributed by atoms with Gasteiger partial charge in [0.15, 0.2) is 0 Å². The third-order valence-corrected chi connectivity index (χ3v) is 2.49. The van der Waals surface area contributed by atoms with Crippen LogP contribution < -0.4 is 10.5 Å². The lowest BCUT2D eigenvalue weighted by Gasteiger charge is -2.08. The minimum Gasteiger partial charge on any atom is -0.495 e. The number of rotatable bonds is 2. The van der Waals surface area contributed by atoms with Gasteiger partial charge in [0, 0.05) is 4.90 Å². The number of benzene rings is 1. The van der Waals surface area contributed by atoms with E-state index in [1.165, 1.54) is 4.90 Å².